The maximum atomic E-state index is 14.1. The average molecular weight is 513 g/mol. The number of imidazole rings is 1. The fraction of sp³-hybridized carbons (Fsp3) is 0.538. The van der Waals surface area contributed by atoms with Crippen LogP contribution in [0.1, 0.15) is 50.8 Å². The monoisotopic (exact) mass is 512 g/mol. The van der Waals surface area contributed by atoms with Gasteiger partial charge in [0.05, 0.1) is 24.2 Å². The Labute approximate surface area is 213 Å². The van der Waals surface area contributed by atoms with Gasteiger partial charge in [0.1, 0.15) is 11.9 Å². The lowest BCUT2D eigenvalue weighted by Gasteiger charge is -2.34. The lowest BCUT2D eigenvalue weighted by molar-refractivity contribution is -0.130. The topological polar surface area (TPSA) is 85.6 Å². The number of aromatic nitrogens is 4. The van der Waals surface area contributed by atoms with Crippen LogP contribution in [-0.2, 0) is 9.53 Å². The van der Waals surface area contributed by atoms with Crippen molar-refractivity contribution >= 4 is 22.9 Å². The molecule has 196 valence electrons. The number of rotatable bonds is 6. The third-order valence-corrected chi connectivity index (χ3v) is 7.46. The van der Waals surface area contributed by atoms with Gasteiger partial charge in [-0.25, -0.2) is 13.8 Å². The van der Waals surface area contributed by atoms with Crippen molar-refractivity contribution < 1.29 is 23.0 Å². The molecule has 2 saturated heterocycles. The van der Waals surface area contributed by atoms with Crippen LogP contribution in [0.5, 0.6) is 5.88 Å². The molecule has 0 spiro atoms. The molecule has 37 heavy (non-hydrogen) atoms. The van der Waals surface area contributed by atoms with Gasteiger partial charge in [-0.1, -0.05) is 12.1 Å². The highest BCUT2D eigenvalue weighted by Crippen LogP contribution is 2.32. The molecule has 2 aromatic heterocycles. The first-order valence-electron chi connectivity index (χ1n) is 13.0. The number of hydrogen-bond acceptors (Lipinski definition) is 7. The second-order valence-electron chi connectivity index (χ2n) is 9.80. The molecule has 0 unspecified atom stereocenters. The maximum Gasteiger partial charge on any atom is 0.296 e. The molecule has 4 heterocycles. The van der Waals surface area contributed by atoms with Crippen LogP contribution in [0.15, 0.2) is 30.3 Å². The van der Waals surface area contributed by atoms with Crippen LogP contribution in [0, 0.1) is 0 Å². The van der Waals surface area contributed by atoms with Crippen molar-refractivity contribution in [2.45, 2.75) is 57.1 Å². The number of ether oxygens (including phenoxy) is 2. The number of hydrogen-bond donors (Lipinski definition) is 0. The summed E-state index contributed by atoms with van der Waals surface area (Å²) < 4.78 is 41.3. The smallest absolute Gasteiger partial charge is 0.296 e. The summed E-state index contributed by atoms with van der Waals surface area (Å²) >= 11 is 0. The van der Waals surface area contributed by atoms with E-state index in [4.69, 9.17) is 9.47 Å². The fourth-order valence-corrected chi connectivity index (χ4v) is 5.61. The van der Waals surface area contributed by atoms with E-state index in [1.54, 1.807) is 30.3 Å². The average Bonchev–Trinajstić information content (AvgIpc) is 3.53. The first kappa shape index (κ1) is 24.0. The number of morpholine rings is 1. The van der Waals surface area contributed by atoms with Crippen LogP contribution in [0.2, 0.25) is 0 Å². The summed E-state index contributed by atoms with van der Waals surface area (Å²) in [4.78, 5) is 29.7. The van der Waals surface area contributed by atoms with Gasteiger partial charge in [0.15, 0.2) is 5.82 Å². The van der Waals surface area contributed by atoms with Crippen LogP contribution in [0.4, 0.5) is 14.7 Å². The van der Waals surface area contributed by atoms with E-state index in [0.29, 0.717) is 61.4 Å². The zero-order valence-electron chi connectivity index (χ0n) is 20.6. The molecule has 1 aliphatic carbocycles. The van der Waals surface area contributed by atoms with Gasteiger partial charge in [-0.05, 0) is 44.2 Å². The number of likely N-dealkylation sites (tertiary alicyclic amines) is 1. The molecular weight excluding hydrogens is 482 g/mol. The van der Waals surface area contributed by atoms with Gasteiger partial charge in [0.2, 0.25) is 17.7 Å². The van der Waals surface area contributed by atoms with Gasteiger partial charge >= 0.3 is 0 Å². The lowest BCUT2D eigenvalue weighted by Crippen LogP contribution is -2.40. The van der Waals surface area contributed by atoms with Gasteiger partial charge in [0.25, 0.3) is 6.43 Å². The lowest BCUT2D eigenvalue weighted by atomic mass is 9.92. The van der Waals surface area contributed by atoms with Gasteiger partial charge in [-0.3, -0.25) is 9.36 Å². The molecule has 0 atom stereocenters. The number of benzene rings is 1. The molecule has 11 heteroatoms. The highest BCUT2D eigenvalue weighted by molar-refractivity contribution is 5.78. The summed E-state index contributed by atoms with van der Waals surface area (Å²) in [5, 5.41) is 0. The molecule has 0 N–H and O–H groups in total. The Morgan fingerprint density at radius 3 is 2.51 bits per heavy atom. The summed E-state index contributed by atoms with van der Waals surface area (Å²) in [7, 11) is 0. The molecule has 3 fully saturated rings. The van der Waals surface area contributed by atoms with E-state index >= 15 is 0 Å². The number of fused-ring (bicyclic) bond motifs is 1. The third-order valence-electron chi connectivity index (χ3n) is 7.46. The highest BCUT2D eigenvalue weighted by Gasteiger charge is 2.32. The molecule has 6 rings (SSSR count). The van der Waals surface area contributed by atoms with E-state index in [-0.39, 0.29) is 23.9 Å². The van der Waals surface area contributed by atoms with Crippen molar-refractivity contribution in [1.82, 2.24) is 24.4 Å². The van der Waals surface area contributed by atoms with Crippen molar-refractivity contribution in [3.05, 3.63) is 36.2 Å². The zero-order valence-corrected chi connectivity index (χ0v) is 20.6. The van der Waals surface area contributed by atoms with Crippen LogP contribution < -0.4 is 9.64 Å². The number of carbonyl (C=O) groups is 1. The minimum atomic E-state index is -2.78. The summed E-state index contributed by atoms with van der Waals surface area (Å²) in [6, 6.07) is 8.93. The van der Waals surface area contributed by atoms with Crippen molar-refractivity contribution in [2.24, 2.45) is 0 Å². The van der Waals surface area contributed by atoms with Gasteiger partial charge in [-0.2, -0.15) is 9.97 Å². The number of para-hydroxylation sites is 2. The Bertz CT molecular complexity index is 1270. The Hall–Kier alpha value is -3.34. The highest BCUT2D eigenvalue weighted by atomic mass is 19.3. The largest absolute Gasteiger partial charge is 0.474 e. The number of anilines is 1. The third kappa shape index (κ3) is 4.84. The number of amides is 1. The van der Waals surface area contributed by atoms with E-state index < -0.39 is 6.43 Å². The summed E-state index contributed by atoms with van der Waals surface area (Å²) in [5.41, 5.74) is 1.02. The number of carbonyl (C=O) groups excluding carboxylic acids is 1. The molecule has 2 aliphatic heterocycles. The van der Waals surface area contributed by atoms with Crippen LogP contribution in [0.25, 0.3) is 16.9 Å². The van der Waals surface area contributed by atoms with Crippen molar-refractivity contribution in [1.29, 1.82) is 0 Å². The van der Waals surface area contributed by atoms with E-state index in [0.717, 1.165) is 38.6 Å². The molecule has 0 bridgehead atoms. The van der Waals surface area contributed by atoms with Gasteiger partial charge in [-0.15, -0.1) is 0 Å². The Morgan fingerprint density at radius 2 is 1.78 bits per heavy atom. The van der Waals surface area contributed by atoms with Crippen molar-refractivity contribution in [3.63, 3.8) is 0 Å². The molecule has 9 nitrogen and oxygen atoms in total. The maximum absolute atomic E-state index is 14.1. The first-order chi connectivity index (χ1) is 18.1. The molecular formula is C26H30F2N6O3. The van der Waals surface area contributed by atoms with E-state index in [1.807, 2.05) is 9.80 Å². The normalized spacial score (nSPS) is 22.8. The molecule has 1 aromatic carbocycles. The minimum Gasteiger partial charge on any atom is -0.474 e. The zero-order chi connectivity index (χ0) is 25.4. The van der Waals surface area contributed by atoms with Crippen LogP contribution in [0.3, 0.4) is 0 Å². The molecule has 3 aliphatic rings. The quantitative estimate of drug-likeness (QED) is 0.495. The van der Waals surface area contributed by atoms with Crippen LogP contribution in [-0.4, -0.2) is 75.3 Å². The van der Waals surface area contributed by atoms with E-state index in [1.165, 1.54) is 4.57 Å². The van der Waals surface area contributed by atoms with E-state index in [9.17, 15) is 13.6 Å². The Morgan fingerprint density at radius 1 is 1.00 bits per heavy atom. The minimum absolute atomic E-state index is 0.0663. The Balaban J connectivity index is 1.31. The summed E-state index contributed by atoms with van der Waals surface area (Å²) in [6.45, 7) is 3.13. The number of nitrogens with zero attached hydrogens (tertiary/aromatic N) is 6. The fourth-order valence-electron chi connectivity index (χ4n) is 5.61. The van der Waals surface area contributed by atoms with Gasteiger partial charge < -0.3 is 19.3 Å². The predicted octanol–water partition coefficient (Wildman–Crippen LogP) is 3.90. The standard InChI is InChI=1S/C26H30F2N6O3/c27-24(28)25-29-19-4-1-2-5-20(19)34(25)21-16-22(31-26(30-21)32-12-14-36-15-13-32)37-18-9-7-17(8-10-18)33-11-3-6-23(33)35/h1-2,4-5,16-18,24H,3,6-15H2. The Kier molecular flexibility index (Phi) is 6.62. The summed E-state index contributed by atoms with van der Waals surface area (Å²) in [6.07, 6.45) is 2.11. The van der Waals surface area contributed by atoms with Crippen molar-refractivity contribution in [3.8, 4) is 11.7 Å². The van der Waals surface area contributed by atoms with E-state index in [2.05, 4.69) is 15.0 Å². The SMILES string of the molecule is O=C1CCCN1C1CCC(Oc2cc(-n3c(C(F)F)nc4ccccc43)nc(N3CCOCC3)n2)CC1. The molecule has 3 aromatic rings. The second kappa shape index (κ2) is 10.2. The molecule has 1 amide bonds. The predicted molar refractivity (Wildman–Crippen MR) is 132 cm³/mol. The van der Waals surface area contributed by atoms with Gasteiger partial charge in [0, 0.05) is 38.2 Å². The first-order valence-corrected chi connectivity index (χ1v) is 13.0. The number of alkyl halides is 2. The summed E-state index contributed by atoms with van der Waals surface area (Å²) in [5.74, 6) is 0.957. The van der Waals surface area contributed by atoms with Crippen molar-refractivity contribution in [2.75, 3.05) is 37.7 Å². The van der Waals surface area contributed by atoms with Crippen LogP contribution >= 0.6 is 0 Å². The molecule has 1 saturated carbocycles. The molecule has 0 radical (unpaired) electrons. The second-order valence-corrected chi connectivity index (χ2v) is 9.80. The number of halogens is 2.